The SMILES string of the molecule is Cc1cc(C)c(C)c(S(=O)(=O)Nc2cccc(S(=O)(=O)NCc3ccco3)c2)c1C. The van der Waals surface area contributed by atoms with Crippen LogP contribution < -0.4 is 9.44 Å². The van der Waals surface area contributed by atoms with Gasteiger partial charge in [-0.3, -0.25) is 4.72 Å². The van der Waals surface area contributed by atoms with E-state index >= 15 is 0 Å². The van der Waals surface area contributed by atoms with Crippen LogP contribution in [0.4, 0.5) is 5.69 Å². The molecule has 3 aromatic rings. The second-order valence-electron chi connectivity index (χ2n) is 7.13. The maximum Gasteiger partial charge on any atom is 0.262 e. The molecule has 0 saturated heterocycles. The molecule has 0 aliphatic rings. The van der Waals surface area contributed by atoms with Crippen molar-refractivity contribution in [3.63, 3.8) is 0 Å². The minimum Gasteiger partial charge on any atom is -0.468 e. The fraction of sp³-hybridized carbons (Fsp3) is 0.238. The van der Waals surface area contributed by atoms with Crippen molar-refractivity contribution in [1.29, 1.82) is 0 Å². The van der Waals surface area contributed by atoms with Gasteiger partial charge in [0.15, 0.2) is 0 Å². The van der Waals surface area contributed by atoms with Crippen LogP contribution in [0.25, 0.3) is 0 Å². The van der Waals surface area contributed by atoms with Crippen molar-refractivity contribution in [3.05, 3.63) is 76.7 Å². The van der Waals surface area contributed by atoms with Crippen LogP contribution in [-0.4, -0.2) is 16.8 Å². The van der Waals surface area contributed by atoms with E-state index in [0.717, 1.165) is 11.1 Å². The smallest absolute Gasteiger partial charge is 0.262 e. The minimum absolute atomic E-state index is 0.00769. The predicted octanol–water partition coefficient (Wildman–Crippen LogP) is 3.79. The van der Waals surface area contributed by atoms with Gasteiger partial charge in [-0.1, -0.05) is 12.1 Å². The molecule has 0 spiro atoms. The van der Waals surface area contributed by atoms with Gasteiger partial charge < -0.3 is 4.42 Å². The number of nitrogens with one attached hydrogen (secondary N) is 2. The quantitative estimate of drug-likeness (QED) is 0.572. The molecular formula is C21H24N2O5S2. The van der Waals surface area contributed by atoms with Crippen LogP contribution in [0.1, 0.15) is 28.0 Å². The van der Waals surface area contributed by atoms with Crippen LogP contribution in [0, 0.1) is 27.7 Å². The van der Waals surface area contributed by atoms with E-state index < -0.39 is 20.0 Å². The lowest BCUT2D eigenvalue weighted by Crippen LogP contribution is -2.23. The van der Waals surface area contributed by atoms with E-state index in [1.165, 1.54) is 30.5 Å². The molecule has 2 aromatic carbocycles. The lowest BCUT2D eigenvalue weighted by molar-refractivity contribution is 0.498. The van der Waals surface area contributed by atoms with E-state index in [1.54, 1.807) is 26.0 Å². The van der Waals surface area contributed by atoms with E-state index in [2.05, 4.69) is 9.44 Å². The second-order valence-corrected chi connectivity index (χ2v) is 10.5. The van der Waals surface area contributed by atoms with Crippen LogP contribution >= 0.6 is 0 Å². The molecule has 3 rings (SSSR count). The van der Waals surface area contributed by atoms with E-state index in [4.69, 9.17) is 4.42 Å². The van der Waals surface area contributed by atoms with Crippen LogP contribution in [0.5, 0.6) is 0 Å². The summed E-state index contributed by atoms with van der Waals surface area (Å²) in [5, 5.41) is 0. The molecule has 30 heavy (non-hydrogen) atoms. The molecule has 160 valence electrons. The molecule has 0 unspecified atom stereocenters. The maximum absolute atomic E-state index is 13.1. The number of benzene rings is 2. The Kier molecular flexibility index (Phi) is 6.07. The van der Waals surface area contributed by atoms with Gasteiger partial charge in [0.25, 0.3) is 10.0 Å². The topological polar surface area (TPSA) is 105 Å². The number of aryl methyl sites for hydroxylation is 2. The number of hydrogen-bond donors (Lipinski definition) is 2. The van der Waals surface area contributed by atoms with Gasteiger partial charge in [0, 0.05) is 0 Å². The lowest BCUT2D eigenvalue weighted by atomic mass is 10.0. The third-order valence-corrected chi connectivity index (χ3v) is 8.03. The van der Waals surface area contributed by atoms with Crippen LogP contribution in [0.2, 0.25) is 0 Å². The van der Waals surface area contributed by atoms with Gasteiger partial charge >= 0.3 is 0 Å². The van der Waals surface area contributed by atoms with Gasteiger partial charge in [-0.25, -0.2) is 21.6 Å². The summed E-state index contributed by atoms with van der Waals surface area (Å²) in [7, 11) is -7.76. The molecule has 0 bridgehead atoms. The van der Waals surface area contributed by atoms with Crippen molar-refractivity contribution >= 4 is 25.7 Å². The van der Waals surface area contributed by atoms with Crippen LogP contribution in [0.15, 0.2) is 62.9 Å². The highest BCUT2D eigenvalue weighted by atomic mass is 32.2. The Morgan fingerprint density at radius 2 is 1.50 bits per heavy atom. The van der Waals surface area contributed by atoms with Crippen molar-refractivity contribution in [2.45, 2.75) is 44.0 Å². The Morgan fingerprint density at radius 1 is 0.833 bits per heavy atom. The fourth-order valence-corrected chi connectivity index (χ4v) is 5.89. The van der Waals surface area contributed by atoms with Gasteiger partial charge in [-0.15, -0.1) is 0 Å². The number of furan rings is 1. The number of anilines is 1. The summed E-state index contributed by atoms with van der Waals surface area (Å²) < 4.78 is 61.4. The molecule has 0 atom stereocenters. The molecular weight excluding hydrogens is 424 g/mol. The molecule has 9 heteroatoms. The van der Waals surface area contributed by atoms with Gasteiger partial charge in [-0.05, 0) is 80.3 Å². The third kappa shape index (κ3) is 4.58. The van der Waals surface area contributed by atoms with Crippen molar-refractivity contribution in [1.82, 2.24) is 4.72 Å². The van der Waals surface area contributed by atoms with Gasteiger partial charge in [0.2, 0.25) is 10.0 Å². The van der Waals surface area contributed by atoms with Crippen LogP contribution in [0.3, 0.4) is 0 Å². The molecule has 0 saturated carbocycles. The molecule has 0 aliphatic heterocycles. The molecule has 0 radical (unpaired) electrons. The largest absolute Gasteiger partial charge is 0.468 e. The Balaban J connectivity index is 1.90. The normalized spacial score (nSPS) is 12.1. The summed E-state index contributed by atoms with van der Waals surface area (Å²) in [4.78, 5) is 0.160. The molecule has 2 N–H and O–H groups in total. The zero-order valence-electron chi connectivity index (χ0n) is 17.2. The summed E-state index contributed by atoms with van der Waals surface area (Å²) in [6.45, 7) is 7.23. The predicted molar refractivity (Wildman–Crippen MR) is 115 cm³/mol. The highest BCUT2D eigenvalue weighted by molar-refractivity contribution is 7.92. The lowest BCUT2D eigenvalue weighted by Gasteiger charge is -2.17. The third-order valence-electron chi connectivity index (χ3n) is 4.98. The first kappa shape index (κ1) is 22.1. The second kappa shape index (κ2) is 8.25. The standard InChI is InChI=1S/C21H24N2O5S2/c1-14-11-15(2)17(4)21(16(14)3)30(26,27)23-18-7-5-9-20(12-18)29(24,25)22-13-19-8-6-10-28-19/h5-12,22-23H,13H2,1-4H3. The first-order valence-corrected chi connectivity index (χ1v) is 12.2. The summed E-state index contributed by atoms with van der Waals surface area (Å²) in [5.74, 6) is 0.469. The number of rotatable bonds is 7. The van der Waals surface area contributed by atoms with E-state index in [0.29, 0.717) is 16.9 Å². The monoisotopic (exact) mass is 448 g/mol. The summed E-state index contributed by atoms with van der Waals surface area (Å²) in [5.41, 5.74) is 3.23. The van der Waals surface area contributed by atoms with Gasteiger partial charge in [0.05, 0.1) is 28.3 Å². The zero-order valence-corrected chi connectivity index (χ0v) is 18.8. The molecule has 7 nitrogen and oxygen atoms in total. The Labute approximate surface area is 177 Å². The highest BCUT2D eigenvalue weighted by Crippen LogP contribution is 2.28. The van der Waals surface area contributed by atoms with E-state index in [9.17, 15) is 16.8 Å². The average Bonchev–Trinajstić information content (AvgIpc) is 3.18. The summed E-state index contributed by atoms with van der Waals surface area (Å²) in [6, 6.07) is 10.9. The molecule has 0 fully saturated rings. The maximum atomic E-state index is 13.1. The van der Waals surface area contributed by atoms with Gasteiger partial charge in [-0.2, -0.15) is 0 Å². The average molecular weight is 449 g/mol. The number of sulfonamides is 2. The first-order valence-electron chi connectivity index (χ1n) is 9.23. The van der Waals surface area contributed by atoms with E-state index in [-0.39, 0.29) is 22.0 Å². The Morgan fingerprint density at radius 3 is 2.10 bits per heavy atom. The molecule has 0 aliphatic carbocycles. The first-order chi connectivity index (χ1) is 14.0. The molecule has 0 amide bonds. The van der Waals surface area contributed by atoms with Gasteiger partial charge in [0.1, 0.15) is 5.76 Å². The highest BCUT2D eigenvalue weighted by Gasteiger charge is 2.23. The van der Waals surface area contributed by atoms with E-state index in [1.807, 2.05) is 19.9 Å². The van der Waals surface area contributed by atoms with Crippen molar-refractivity contribution in [2.24, 2.45) is 0 Å². The Hall–Kier alpha value is -2.62. The van der Waals surface area contributed by atoms with Crippen molar-refractivity contribution in [3.8, 4) is 0 Å². The van der Waals surface area contributed by atoms with Crippen molar-refractivity contribution in [2.75, 3.05) is 4.72 Å². The minimum atomic E-state index is -3.91. The number of hydrogen-bond acceptors (Lipinski definition) is 5. The van der Waals surface area contributed by atoms with Crippen molar-refractivity contribution < 1.29 is 21.3 Å². The molecule has 1 heterocycles. The zero-order chi connectivity index (χ0) is 22.1. The summed E-state index contributed by atoms with van der Waals surface area (Å²) >= 11 is 0. The Bertz CT molecular complexity index is 1250. The van der Waals surface area contributed by atoms with Crippen LogP contribution in [-0.2, 0) is 26.6 Å². The fourth-order valence-electron chi connectivity index (χ4n) is 3.18. The molecule has 1 aromatic heterocycles. The summed E-state index contributed by atoms with van der Waals surface area (Å²) in [6.07, 6.45) is 1.45.